The molecule has 1 aromatic heterocycles. The summed E-state index contributed by atoms with van der Waals surface area (Å²) in [4.78, 5) is 32.0. The highest BCUT2D eigenvalue weighted by Crippen LogP contribution is 2.23. The van der Waals surface area contributed by atoms with Gasteiger partial charge in [-0.3, -0.25) is 4.79 Å². The zero-order valence-electron chi connectivity index (χ0n) is 23.2. The Hall–Kier alpha value is -2.97. The Morgan fingerprint density at radius 1 is 1.13 bits per heavy atom. The molecule has 8 nitrogen and oxygen atoms in total. The quantitative estimate of drug-likeness (QED) is 0.286. The SMILES string of the molecule is COCCN(CCCCc1ccc2c(n1)NCCC2)CC[C@H](NC(=O)C(C)(C)Cc1ccccc1)C(=O)O. The van der Waals surface area contributed by atoms with E-state index in [4.69, 9.17) is 9.72 Å². The highest BCUT2D eigenvalue weighted by atomic mass is 16.5. The van der Waals surface area contributed by atoms with Crippen molar-refractivity contribution in [3.8, 4) is 0 Å². The summed E-state index contributed by atoms with van der Waals surface area (Å²) in [6.45, 7) is 7.40. The van der Waals surface area contributed by atoms with Gasteiger partial charge in [0.2, 0.25) is 5.91 Å². The molecule has 8 heteroatoms. The van der Waals surface area contributed by atoms with Crippen molar-refractivity contribution in [1.82, 2.24) is 15.2 Å². The minimum absolute atomic E-state index is 0.246. The van der Waals surface area contributed by atoms with E-state index in [9.17, 15) is 14.7 Å². The first-order valence-electron chi connectivity index (χ1n) is 13.8. The fraction of sp³-hybridized carbons (Fsp3) is 0.567. The molecule has 3 rings (SSSR count). The van der Waals surface area contributed by atoms with Crippen LogP contribution in [0.25, 0.3) is 0 Å². The summed E-state index contributed by atoms with van der Waals surface area (Å²) in [5, 5.41) is 16.0. The number of benzene rings is 1. The maximum absolute atomic E-state index is 13.0. The fourth-order valence-corrected chi connectivity index (χ4v) is 4.81. The lowest BCUT2D eigenvalue weighted by molar-refractivity contribution is -0.143. The first-order valence-corrected chi connectivity index (χ1v) is 13.8. The third kappa shape index (κ3) is 9.40. The zero-order chi connectivity index (χ0) is 27.4. The lowest BCUT2D eigenvalue weighted by Gasteiger charge is -2.28. The van der Waals surface area contributed by atoms with Gasteiger partial charge in [0.25, 0.3) is 0 Å². The molecule has 1 aliphatic rings. The fourth-order valence-electron chi connectivity index (χ4n) is 4.81. The van der Waals surface area contributed by atoms with Crippen LogP contribution in [-0.4, -0.2) is 72.8 Å². The number of aliphatic carboxylic acids is 1. The monoisotopic (exact) mass is 524 g/mol. The van der Waals surface area contributed by atoms with Crippen LogP contribution in [0.15, 0.2) is 42.5 Å². The second-order valence-corrected chi connectivity index (χ2v) is 10.8. The second-order valence-electron chi connectivity index (χ2n) is 10.8. The minimum Gasteiger partial charge on any atom is -0.480 e. The number of aromatic nitrogens is 1. The van der Waals surface area contributed by atoms with Gasteiger partial charge in [0, 0.05) is 37.9 Å². The van der Waals surface area contributed by atoms with Gasteiger partial charge in [0.15, 0.2) is 0 Å². The van der Waals surface area contributed by atoms with Crippen molar-refractivity contribution in [2.45, 2.75) is 64.8 Å². The van der Waals surface area contributed by atoms with E-state index in [1.54, 1.807) is 7.11 Å². The molecule has 1 atom stereocenters. The van der Waals surface area contributed by atoms with Crippen LogP contribution in [-0.2, 0) is 33.6 Å². The molecular weight excluding hydrogens is 480 g/mol. The molecule has 208 valence electrons. The van der Waals surface area contributed by atoms with Crippen molar-refractivity contribution in [2.24, 2.45) is 5.41 Å². The number of aryl methyl sites for hydroxylation is 2. The Labute approximate surface area is 227 Å². The summed E-state index contributed by atoms with van der Waals surface area (Å²) >= 11 is 0. The molecule has 1 aliphatic heterocycles. The number of carboxylic acids is 1. The normalized spacial score (nSPS) is 14.0. The lowest BCUT2D eigenvalue weighted by atomic mass is 9.84. The average Bonchev–Trinajstić information content (AvgIpc) is 2.91. The third-order valence-electron chi connectivity index (χ3n) is 7.16. The highest BCUT2D eigenvalue weighted by molar-refractivity contribution is 5.87. The van der Waals surface area contributed by atoms with Crippen molar-refractivity contribution >= 4 is 17.7 Å². The largest absolute Gasteiger partial charge is 0.480 e. The van der Waals surface area contributed by atoms with Crippen molar-refractivity contribution < 1.29 is 19.4 Å². The number of carbonyl (C=O) groups is 2. The molecular formula is C30H44N4O4. The number of nitrogens with zero attached hydrogens (tertiary/aromatic N) is 2. The van der Waals surface area contributed by atoms with E-state index in [-0.39, 0.29) is 5.91 Å². The Kier molecular flexibility index (Phi) is 11.5. The number of fused-ring (bicyclic) bond motifs is 1. The standard InChI is InChI=1S/C30H44N4O4/c1-30(2,22-23-10-5-4-6-11-23)29(37)33-26(28(35)36)16-19-34(20-21-38-3)18-8-7-13-25-15-14-24-12-9-17-31-27(24)32-25/h4-6,10-11,14-15,26H,7-9,12-13,16-22H2,1-3H3,(H,31,32)(H,33,37)(H,35,36)/t26-/m0/s1. The highest BCUT2D eigenvalue weighted by Gasteiger charge is 2.31. The van der Waals surface area contributed by atoms with Crippen LogP contribution in [0.2, 0.25) is 0 Å². The number of nitrogens with one attached hydrogen (secondary N) is 2. The Balaban J connectivity index is 1.48. The number of anilines is 1. The molecule has 1 amide bonds. The number of methoxy groups -OCH3 is 1. The van der Waals surface area contributed by atoms with Crippen molar-refractivity contribution in [2.75, 3.05) is 45.2 Å². The van der Waals surface area contributed by atoms with Crippen LogP contribution in [0.4, 0.5) is 5.82 Å². The number of amides is 1. The summed E-state index contributed by atoms with van der Waals surface area (Å²) < 4.78 is 5.28. The number of unbranched alkanes of at least 4 members (excludes halogenated alkanes) is 1. The topological polar surface area (TPSA) is 104 Å². The van der Waals surface area contributed by atoms with Gasteiger partial charge in [0.1, 0.15) is 11.9 Å². The van der Waals surface area contributed by atoms with Crippen LogP contribution in [0, 0.1) is 5.41 Å². The number of carbonyl (C=O) groups excluding carboxylic acids is 1. The van der Waals surface area contributed by atoms with Gasteiger partial charge in [-0.1, -0.05) is 50.2 Å². The molecule has 2 heterocycles. The number of hydrogen-bond donors (Lipinski definition) is 3. The summed E-state index contributed by atoms with van der Waals surface area (Å²) in [6, 6.07) is 13.2. The summed E-state index contributed by atoms with van der Waals surface area (Å²) in [6.07, 6.45) is 6.02. The molecule has 0 spiro atoms. The van der Waals surface area contributed by atoms with Gasteiger partial charge in [-0.05, 0) is 68.7 Å². The predicted molar refractivity (Wildman–Crippen MR) is 150 cm³/mol. The number of ether oxygens (including phenoxy) is 1. The Bertz CT molecular complexity index is 1030. The third-order valence-corrected chi connectivity index (χ3v) is 7.16. The Morgan fingerprint density at radius 3 is 2.66 bits per heavy atom. The van der Waals surface area contributed by atoms with Gasteiger partial charge in [-0.15, -0.1) is 0 Å². The smallest absolute Gasteiger partial charge is 0.326 e. The number of rotatable bonds is 16. The predicted octanol–water partition coefficient (Wildman–Crippen LogP) is 3.94. The molecule has 0 unspecified atom stereocenters. The van der Waals surface area contributed by atoms with Crippen LogP contribution >= 0.6 is 0 Å². The van der Waals surface area contributed by atoms with Crippen LogP contribution in [0.5, 0.6) is 0 Å². The lowest BCUT2D eigenvalue weighted by Crippen LogP contribution is -2.48. The van der Waals surface area contributed by atoms with Gasteiger partial charge >= 0.3 is 5.97 Å². The minimum atomic E-state index is -1.01. The average molecular weight is 525 g/mol. The summed E-state index contributed by atoms with van der Waals surface area (Å²) in [5.41, 5.74) is 2.74. The van der Waals surface area contributed by atoms with Gasteiger partial charge < -0.3 is 25.4 Å². The first kappa shape index (κ1) is 29.6. The molecule has 0 radical (unpaired) electrons. The molecule has 0 saturated carbocycles. The van der Waals surface area contributed by atoms with Crippen molar-refractivity contribution in [3.63, 3.8) is 0 Å². The zero-order valence-corrected chi connectivity index (χ0v) is 23.2. The van der Waals surface area contributed by atoms with E-state index in [2.05, 4.69) is 27.7 Å². The Morgan fingerprint density at radius 2 is 1.92 bits per heavy atom. The second kappa shape index (κ2) is 14.8. The van der Waals surface area contributed by atoms with E-state index in [0.717, 1.165) is 68.8 Å². The first-order chi connectivity index (χ1) is 18.3. The molecule has 38 heavy (non-hydrogen) atoms. The van der Waals surface area contributed by atoms with Crippen LogP contribution < -0.4 is 10.6 Å². The van der Waals surface area contributed by atoms with Gasteiger partial charge in [-0.2, -0.15) is 0 Å². The molecule has 3 N–H and O–H groups in total. The van der Waals surface area contributed by atoms with Crippen molar-refractivity contribution in [1.29, 1.82) is 0 Å². The number of carboxylic acid groups (broad SMARTS) is 1. The van der Waals surface area contributed by atoms with E-state index in [1.165, 1.54) is 5.56 Å². The molecule has 2 aromatic rings. The van der Waals surface area contributed by atoms with Crippen LogP contribution in [0.1, 0.15) is 56.4 Å². The van der Waals surface area contributed by atoms with Crippen LogP contribution in [0.3, 0.4) is 0 Å². The number of pyridine rings is 1. The van der Waals surface area contributed by atoms with E-state index < -0.39 is 17.4 Å². The van der Waals surface area contributed by atoms with E-state index in [1.807, 2.05) is 44.2 Å². The van der Waals surface area contributed by atoms with Gasteiger partial charge in [0.05, 0.1) is 6.61 Å². The van der Waals surface area contributed by atoms with Gasteiger partial charge in [-0.25, -0.2) is 9.78 Å². The molecule has 0 aliphatic carbocycles. The maximum atomic E-state index is 13.0. The molecule has 1 aromatic carbocycles. The van der Waals surface area contributed by atoms with E-state index >= 15 is 0 Å². The summed E-state index contributed by atoms with van der Waals surface area (Å²) in [7, 11) is 1.67. The molecule has 0 saturated heterocycles. The maximum Gasteiger partial charge on any atom is 0.326 e. The summed E-state index contributed by atoms with van der Waals surface area (Å²) in [5.74, 6) is -0.221. The molecule has 0 fully saturated rings. The molecule has 0 bridgehead atoms. The van der Waals surface area contributed by atoms with Crippen molar-refractivity contribution in [3.05, 3.63) is 59.3 Å². The number of hydrogen-bond acceptors (Lipinski definition) is 6. The van der Waals surface area contributed by atoms with E-state index in [0.29, 0.717) is 26.0 Å².